The summed E-state index contributed by atoms with van der Waals surface area (Å²) in [5, 5.41) is 8.82. The van der Waals surface area contributed by atoms with Crippen LogP contribution in [0.1, 0.15) is 0 Å². The van der Waals surface area contributed by atoms with Crippen molar-refractivity contribution in [3.05, 3.63) is 41.4 Å². The molecule has 1 aromatic carbocycles. The molecule has 0 aliphatic carbocycles. The maximum absolute atomic E-state index is 6.24. The Labute approximate surface area is 123 Å². The van der Waals surface area contributed by atoms with Gasteiger partial charge in [-0.1, -0.05) is 23.7 Å². The summed E-state index contributed by atoms with van der Waals surface area (Å²) in [6.45, 7) is 3.61. The van der Waals surface area contributed by atoms with Gasteiger partial charge in [0.05, 0.1) is 10.7 Å². The SMILES string of the molecule is Nc1ccc(N2CCN(c3ccccc3Cl)CC2)nn1. The van der Waals surface area contributed by atoms with E-state index in [4.69, 9.17) is 17.3 Å². The number of hydrogen-bond acceptors (Lipinski definition) is 5. The molecule has 0 saturated carbocycles. The van der Waals surface area contributed by atoms with Gasteiger partial charge in [-0.25, -0.2) is 0 Å². The fraction of sp³-hybridized carbons (Fsp3) is 0.286. The summed E-state index contributed by atoms with van der Waals surface area (Å²) in [5.74, 6) is 1.32. The molecule has 0 atom stereocenters. The molecule has 1 aromatic heterocycles. The number of rotatable bonds is 2. The number of hydrogen-bond donors (Lipinski definition) is 1. The highest BCUT2D eigenvalue weighted by Gasteiger charge is 2.19. The molecule has 0 spiro atoms. The first-order valence-corrected chi connectivity index (χ1v) is 6.95. The van der Waals surface area contributed by atoms with Crippen LogP contribution in [0.5, 0.6) is 0 Å². The monoisotopic (exact) mass is 289 g/mol. The zero-order valence-corrected chi connectivity index (χ0v) is 11.8. The second-order valence-electron chi connectivity index (χ2n) is 4.74. The molecule has 0 amide bonds. The molecule has 2 aromatic rings. The number of benzene rings is 1. The molecule has 0 bridgehead atoms. The van der Waals surface area contributed by atoms with Crippen molar-refractivity contribution < 1.29 is 0 Å². The van der Waals surface area contributed by atoms with E-state index in [1.165, 1.54) is 0 Å². The quantitative estimate of drug-likeness (QED) is 0.917. The van der Waals surface area contributed by atoms with Gasteiger partial charge in [0.15, 0.2) is 5.82 Å². The summed E-state index contributed by atoms with van der Waals surface area (Å²) in [4.78, 5) is 4.50. The number of piperazine rings is 1. The maximum Gasteiger partial charge on any atom is 0.151 e. The molecule has 2 N–H and O–H groups in total. The minimum Gasteiger partial charge on any atom is -0.382 e. The Hall–Kier alpha value is -2.01. The van der Waals surface area contributed by atoms with Crippen molar-refractivity contribution in [2.45, 2.75) is 0 Å². The van der Waals surface area contributed by atoms with Crippen molar-refractivity contribution in [2.24, 2.45) is 0 Å². The van der Waals surface area contributed by atoms with Crippen LogP contribution in [0.25, 0.3) is 0 Å². The highest BCUT2D eigenvalue weighted by molar-refractivity contribution is 6.33. The van der Waals surface area contributed by atoms with Crippen LogP contribution in [0, 0.1) is 0 Å². The van der Waals surface area contributed by atoms with Gasteiger partial charge in [0, 0.05) is 26.2 Å². The van der Waals surface area contributed by atoms with Crippen LogP contribution in [0.2, 0.25) is 5.02 Å². The smallest absolute Gasteiger partial charge is 0.151 e. The third kappa shape index (κ3) is 2.63. The van der Waals surface area contributed by atoms with Gasteiger partial charge >= 0.3 is 0 Å². The average Bonchev–Trinajstić information content (AvgIpc) is 2.49. The summed E-state index contributed by atoms with van der Waals surface area (Å²) in [5.41, 5.74) is 6.65. The highest BCUT2D eigenvalue weighted by Crippen LogP contribution is 2.26. The second-order valence-corrected chi connectivity index (χ2v) is 5.15. The van der Waals surface area contributed by atoms with Crippen LogP contribution in [-0.4, -0.2) is 36.4 Å². The Kier molecular flexibility index (Phi) is 3.60. The molecule has 20 heavy (non-hydrogen) atoms. The lowest BCUT2D eigenvalue weighted by atomic mass is 10.2. The highest BCUT2D eigenvalue weighted by atomic mass is 35.5. The van der Waals surface area contributed by atoms with Gasteiger partial charge in [-0.05, 0) is 24.3 Å². The zero-order chi connectivity index (χ0) is 13.9. The van der Waals surface area contributed by atoms with Crippen LogP contribution in [0.4, 0.5) is 17.3 Å². The molecule has 2 heterocycles. The lowest BCUT2D eigenvalue weighted by Crippen LogP contribution is -2.47. The van der Waals surface area contributed by atoms with Gasteiger partial charge in [-0.2, -0.15) is 0 Å². The Morgan fingerprint density at radius 1 is 0.900 bits per heavy atom. The van der Waals surface area contributed by atoms with Crippen molar-refractivity contribution in [1.82, 2.24) is 10.2 Å². The summed E-state index contributed by atoms with van der Waals surface area (Å²) in [6, 6.07) is 11.6. The fourth-order valence-corrected chi connectivity index (χ4v) is 2.64. The van der Waals surface area contributed by atoms with E-state index in [9.17, 15) is 0 Å². The van der Waals surface area contributed by atoms with E-state index in [1.807, 2.05) is 24.3 Å². The van der Waals surface area contributed by atoms with E-state index >= 15 is 0 Å². The van der Waals surface area contributed by atoms with Crippen LogP contribution in [-0.2, 0) is 0 Å². The van der Waals surface area contributed by atoms with Gasteiger partial charge in [0.25, 0.3) is 0 Å². The minimum absolute atomic E-state index is 0.448. The third-order valence-electron chi connectivity index (χ3n) is 3.47. The molecule has 3 rings (SSSR count). The van der Waals surface area contributed by atoms with Crippen LogP contribution in [0.15, 0.2) is 36.4 Å². The topological polar surface area (TPSA) is 58.3 Å². The number of halogens is 1. The average molecular weight is 290 g/mol. The zero-order valence-electron chi connectivity index (χ0n) is 11.0. The van der Waals surface area contributed by atoms with E-state index in [0.29, 0.717) is 5.82 Å². The molecular formula is C14H16ClN5. The number of para-hydroxylation sites is 1. The van der Waals surface area contributed by atoms with E-state index < -0.39 is 0 Å². The number of nitrogen functional groups attached to an aromatic ring is 1. The Morgan fingerprint density at radius 3 is 2.25 bits per heavy atom. The first kappa shape index (κ1) is 13.0. The Bertz CT molecular complexity index is 578. The standard InChI is InChI=1S/C14H16ClN5/c15-11-3-1-2-4-12(11)19-7-9-20(10-8-19)14-6-5-13(16)17-18-14/h1-6H,7-10H2,(H2,16,17). The predicted octanol–water partition coefficient (Wildman–Crippen LogP) is 2.04. The van der Waals surface area contributed by atoms with Crippen molar-refractivity contribution >= 4 is 28.9 Å². The molecule has 0 radical (unpaired) electrons. The fourth-order valence-electron chi connectivity index (χ4n) is 2.39. The van der Waals surface area contributed by atoms with Gasteiger partial charge in [-0.3, -0.25) is 0 Å². The Morgan fingerprint density at radius 2 is 1.60 bits per heavy atom. The normalized spacial score (nSPS) is 15.4. The molecule has 1 aliphatic heterocycles. The van der Waals surface area contributed by atoms with Gasteiger partial charge in [0.2, 0.25) is 0 Å². The van der Waals surface area contributed by atoms with Crippen molar-refractivity contribution in [2.75, 3.05) is 41.7 Å². The van der Waals surface area contributed by atoms with Crippen LogP contribution in [0.3, 0.4) is 0 Å². The largest absolute Gasteiger partial charge is 0.382 e. The minimum atomic E-state index is 0.448. The molecule has 6 heteroatoms. The lowest BCUT2D eigenvalue weighted by molar-refractivity contribution is 0.644. The maximum atomic E-state index is 6.24. The predicted molar refractivity (Wildman–Crippen MR) is 82.3 cm³/mol. The van der Waals surface area contributed by atoms with E-state index in [1.54, 1.807) is 6.07 Å². The third-order valence-corrected chi connectivity index (χ3v) is 3.79. The van der Waals surface area contributed by atoms with Crippen molar-refractivity contribution in [3.8, 4) is 0 Å². The first-order valence-electron chi connectivity index (χ1n) is 6.58. The van der Waals surface area contributed by atoms with Gasteiger partial charge in [-0.15, -0.1) is 10.2 Å². The van der Waals surface area contributed by atoms with E-state index in [-0.39, 0.29) is 0 Å². The van der Waals surface area contributed by atoms with E-state index in [0.717, 1.165) is 42.7 Å². The summed E-state index contributed by atoms with van der Waals surface area (Å²) in [6.07, 6.45) is 0. The van der Waals surface area contributed by atoms with Gasteiger partial charge < -0.3 is 15.5 Å². The van der Waals surface area contributed by atoms with Crippen LogP contribution < -0.4 is 15.5 Å². The number of nitrogens with two attached hydrogens (primary N) is 1. The first-order chi connectivity index (χ1) is 9.74. The lowest BCUT2D eigenvalue weighted by Gasteiger charge is -2.36. The number of anilines is 3. The molecule has 1 fully saturated rings. The summed E-state index contributed by atoms with van der Waals surface area (Å²) in [7, 11) is 0. The molecule has 1 saturated heterocycles. The van der Waals surface area contributed by atoms with Crippen molar-refractivity contribution in [3.63, 3.8) is 0 Å². The van der Waals surface area contributed by atoms with E-state index in [2.05, 4.69) is 26.1 Å². The van der Waals surface area contributed by atoms with Gasteiger partial charge in [0.1, 0.15) is 5.82 Å². The molecule has 1 aliphatic rings. The summed E-state index contributed by atoms with van der Waals surface area (Å²) >= 11 is 6.24. The Balaban J connectivity index is 1.68. The molecule has 5 nitrogen and oxygen atoms in total. The molecule has 0 unspecified atom stereocenters. The molecular weight excluding hydrogens is 274 g/mol. The van der Waals surface area contributed by atoms with Crippen LogP contribution >= 0.6 is 11.6 Å². The number of aromatic nitrogens is 2. The second kappa shape index (κ2) is 5.54. The molecule has 104 valence electrons. The van der Waals surface area contributed by atoms with Crippen molar-refractivity contribution in [1.29, 1.82) is 0 Å². The summed E-state index contributed by atoms with van der Waals surface area (Å²) < 4.78 is 0. The number of nitrogens with zero attached hydrogens (tertiary/aromatic N) is 4.